The van der Waals surface area contributed by atoms with E-state index in [0.717, 1.165) is 23.8 Å². The van der Waals surface area contributed by atoms with E-state index >= 15 is 0 Å². The van der Waals surface area contributed by atoms with Gasteiger partial charge in [-0.25, -0.2) is 4.79 Å². The van der Waals surface area contributed by atoms with Gasteiger partial charge in [0.2, 0.25) is 5.91 Å². The fourth-order valence-corrected chi connectivity index (χ4v) is 3.28. The van der Waals surface area contributed by atoms with Gasteiger partial charge in [-0.15, -0.1) is 0 Å². The average molecular weight is 466 g/mol. The Hall–Kier alpha value is -2.95. The Bertz CT molecular complexity index is 929. The maximum Gasteiger partial charge on any atom is 0.328 e. The molecule has 0 aliphatic heterocycles. The number of H-pyrrole nitrogens is 1. The molecule has 33 heavy (non-hydrogen) atoms. The summed E-state index contributed by atoms with van der Waals surface area (Å²) in [5.41, 5.74) is 9.89. The van der Waals surface area contributed by atoms with Crippen LogP contribution in [0.1, 0.15) is 52.5 Å². The van der Waals surface area contributed by atoms with E-state index in [1.54, 1.807) is 20.8 Å². The summed E-state index contributed by atoms with van der Waals surface area (Å²) in [6.45, 7) is 9.70. The fourth-order valence-electron chi connectivity index (χ4n) is 3.28. The lowest BCUT2D eigenvalue weighted by Gasteiger charge is -2.30. The fraction of sp³-hybridized carbons (Fsp3) is 0.682. The normalized spacial score (nSPS) is 12.1. The molecule has 1 atom stereocenters. The number of aryl methyl sites for hydroxylation is 1. The largest absolute Gasteiger partial charge is 0.370 e. The van der Waals surface area contributed by atoms with Crippen molar-refractivity contribution in [2.45, 2.75) is 72.5 Å². The number of guanidine groups is 1. The van der Waals surface area contributed by atoms with Crippen LogP contribution in [-0.4, -0.2) is 63.8 Å². The Morgan fingerprint density at radius 3 is 2.42 bits per heavy atom. The zero-order valence-electron chi connectivity index (χ0n) is 20.4. The molecule has 11 nitrogen and oxygen atoms in total. The molecular weight excluding hydrogens is 426 g/mol. The number of rotatable bonds is 14. The lowest BCUT2D eigenvalue weighted by atomic mass is 10.1. The SMILES string of the molecule is Cc1cn(CC(=O)N(CC(=O)C(C)C)C[C@H](CCCCN=C(N)N)NC(C)C)c(=O)[nH]c1=O. The van der Waals surface area contributed by atoms with Crippen LogP contribution < -0.4 is 28.0 Å². The van der Waals surface area contributed by atoms with Gasteiger partial charge in [-0.05, 0) is 26.2 Å². The molecule has 0 aliphatic rings. The highest BCUT2D eigenvalue weighted by Gasteiger charge is 2.23. The smallest absolute Gasteiger partial charge is 0.328 e. The maximum atomic E-state index is 13.1. The molecule has 1 rings (SSSR count). The molecule has 0 bridgehead atoms. The number of nitrogens with two attached hydrogens (primary N) is 2. The highest BCUT2D eigenvalue weighted by Crippen LogP contribution is 2.08. The van der Waals surface area contributed by atoms with Crippen LogP contribution in [0.2, 0.25) is 0 Å². The van der Waals surface area contributed by atoms with Gasteiger partial charge in [0, 0.05) is 42.9 Å². The molecule has 0 saturated heterocycles. The van der Waals surface area contributed by atoms with Gasteiger partial charge in [0.1, 0.15) is 6.54 Å². The van der Waals surface area contributed by atoms with Crippen molar-refractivity contribution in [2.75, 3.05) is 19.6 Å². The number of hydrogen-bond acceptors (Lipinski definition) is 6. The number of hydrogen-bond donors (Lipinski definition) is 4. The van der Waals surface area contributed by atoms with Crippen molar-refractivity contribution in [2.24, 2.45) is 22.4 Å². The van der Waals surface area contributed by atoms with Crippen LogP contribution in [0.15, 0.2) is 20.8 Å². The summed E-state index contributed by atoms with van der Waals surface area (Å²) in [7, 11) is 0. The first-order chi connectivity index (χ1) is 15.4. The molecule has 1 amide bonds. The molecule has 1 heterocycles. The third-order valence-corrected chi connectivity index (χ3v) is 5.10. The first-order valence-corrected chi connectivity index (χ1v) is 11.3. The highest BCUT2D eigenvalue weighted by molar-refractivity contribution is 5.87. The second-order valence-corrected chi connectivity index (χ2v) is 8.92. The first-order valence-electron chi connectivity index (χ1n) is 11.3. The summed E-state index contributed by atoms with van der Waals surface area (Å²) in [4.78, 5) is 57.0. The molecule has 0 aromatic carbocycles. The number of amides is 1. The minimum Gasteiger partial charge on any atom is -0.370 e. The number of unbranched alkanes of at least 4 members (excludes halogenated alkanes) is 1. The lowest BCUT2D eigenvalue weighted by Crippen LogP contribution is -2.49. The molecule has 186 valence electrons. The third-order valence-electron chi connectivity index (χ3n) is 5.10. The summed E-state index contributed by atoms with van der Waals surface area (Å²) in [5.74, 6) is -0.601. The van der Waals surface area contributed by atoms with Crippen LogP contribution in [0, 0.1) is 12.8 Å². The van der Waals surface area contributed by atoms with Crippen molar-refractivity contribution < 1.29 is 9.59 Å². The lowest BCUT2D eigenvalue weighted by molar-refractivity contribution is -0.137. The highest BCUT2D eigenvalue weighted by atomic mass is 16.2. The monoisotopic (exact) mass is 465 g/mol. The summed E-state index contributed by atoms with van der Waals surface area (Å²) >= 11 is 0. The Balaban J connectivity index is 3.01. The Morgan fingerprint density at radius 1 is 1.18 bits per heavy atom. The van der Waals surface area contributed by atoms with Crippen molar-refractivity contribution in [3.05, 3.63) is 32.6 Å². The van der Waals surface area contributed by atoms with Crippen LogP contribution >= 0.6 is 0 Å². The number of nitrogens with zero attached hydrogens (tertiary/aromatic N) is 3. The second-order valence-electron chi connectivity index (χ2n) is 8.92. The number of aromatic amines is 1. The van der Waals surface area contributed by atoms with Gasteiger partial charge in [-0.2, -0.15) is 0 Å². The van der Waals surface area contributed by atoms with Gasteiger partial charge in [-0.1, -0.05) is 27.7 Å². The zero-order chi connectivity index (χ0) is 25.1. The molecule has 1 aromatic rings. The topological polar surface area (TPSA) is 169 Å². The average Bonchev–Trinajstić information content (AvgIpc) is 2.70. The van der Waals surface area contributed by atoms with Crippen LogP contribution in [0.5, 0.6) is 0 Å². The molecule has 1 aromatic heterocycles. The van der Waals surface area contributed by atoms with Gasteiger partial charge in [-0.3, -0.25) is 28.9 Å². The Morgan fingerprint density at radius 2 is 1.85 bits per heavy atom. The zero-order valence-corrected chi connectivity index (χ0v) is 20.4. The summed E-state index contributed by atoms with van der Waals surface area (Å²) in [5, 5.41) is 3.45. The van der Waals surface area contributed by atoms with E-state index in [0.29, 0.717) is 18.7 Å². The molecule has 0 unspecified atom stereocenters. The van der Waals surface area contributed by atoms with Crippen molar-refractivity contribution in [3.8, 4) is 0 Å². The van der Waals surface area contributed by atoms with E-state index in [2.05, 4.69) is 15.3 Å². The van der Waals surface area contributed by atoms with Crippen molar-refractivity contribution >= 4 is 17.6 Å². The predicted molar refractivity (Wildman–Crippen MR) is 129 cm³/mol. The molecule has 0 fully saturated rings. The standard InChI is InChI=1S/C22H39N7O4/c1-14(2)18(30)12-28(19(31)13-29-10-16(5)20(32)27-22(29)33)11-17(26-15(3)4)8-6-7-9-25-21(23)24/h10,14-15,17,26H,6-9,11-13H2,1-5H3,(H4,23,24,25)(H,27,32,33)/t17-/m0/s1. The Labute approximate surface area is 194 Å². The molecule has 0 saturated carbocycles. The number of carbonyl (C=O) groups excluding carboxylic acids is 2. The number of Topliss-reactive ketones (excluding diaryl/α,β-unsaturated/α-hetero) is 1. The van der Waals surface area contributed by atoms with Gasteiger partial charge >= 0.3 is 5.69 Å². The first kappa shape index (κ1) is 28.1. The summed E-state index contributed by atoms with van der Waals surface area (Å²) < 4.78 is 1.16. The number of aliphatic imine (C=N–C) groups is 1. The molecule has 0 aliphatic carbocycles. The van der Waals surface area contributed by atoms with Crippen molar-refractivity contribution in [1.82, 2.24) is 19.8 Å². The molecular formula is C22H39N7O4. The van der Waals surface area contributed by atoms with E-state index in [1.165, 1.54) is 11.1 Å². The van der Waals surface area contributed by atoms with Crippen LogP contribution in [0.25, 0.3) is 0 Å². The molecule has 0 spiro atoms. The number of carbonyl (C=O) groups is 2. The van der Waals surface area contributed by atoms with Crippen molar-refractivity contribution in [3.63, 3.8) is 0 Å². The molecule has 6 N–H and O–H groups in total. The van der Waals surface area contributed by atoms with Crippen LogP contribution in [-0.2, 0) is 16.1 Å². The minimum absolute atomic E-state index is 0.0438. The predicted octanol–water partition coefficient (Wildman–Crippen LogP) is -0.291. The molecule has 0 radical (unpaired) electrons. The minimum atomic E-state index is -0.661. The summed E-state index contributed by atoms with van der Waals surface area (Å²) in [6, 6.07) is 0.122. The molecule has 11 heteroatoms. The van der Waals surface area contributed by atoms with Gasteiger partial charge < -0.3 is 21.7 Å². The van der Waals surface area contributed by atoms with Crippen LogP contribution in [0.4, 0.5) is 0 Å². The summed E-state index contributed by atoms with van der Waals surface area (Å²) in [6.07, 6.45) is 3.74. The number of aromatic nitrogens is 2. The van der Waals surface area contributed by atoms with Gasteiger partial charge in [0.25, 0.3) is 5.56 Å². The van der Waals surface area contributed by atoms with E-state index in [1.807, 2.05) is 13.8 Å². The number of ketones is 1. The second kappa shape index (κ2) is 13.6. The third kappa shape index (κ3) is 10.5. The Kier molecular flexibility index (Phi) is 11.5. The van der Waals surface area contributed by atoms with E-state index in [-0.39, 0.29) is 48.7 Å². The van der Waals surface area contributed by atoms with E-state index in [9.17, 15) is 19.2 Å². The van der Waals surface area contributed by atoms with Gasteiger partial charge in [0.05, 0.1) is 6.54 Å². The maximum absolute atomic E-state index is 13.1. The van der Waals surface area contributed by atoms with Crippen molar-refractivity contribution in [1.29, 1.82) is 0 Å². The quantitative estimate of drug-likeness (QED) is 0.166. The number of nitrogens with one attached hydrogen (secondary N) is 2. The van der Waals surface area contributed by atoms with Crippen LogP contribution in [0.3, 0.4) is 0 Å². The van der Waals surface area contributed by atoms with Gasteiger partial charge in [0.15, 0.2) is 11.7 Å². The van der Waals surface area contributed by atoms with E-state index in [4.69, 9.17) is 11.5 Å². The van der Waals surface area contributed by atoms with E-state index < -0.39 is 11.2 Å².